The second-order valence-electron chi connectivity index (χ2n) is 5.35. The largest absolute Gasteiger partial charge is 0.491 e. The normalized spacial score (nSPS) is 17.2. The molecule has 0 heterocycles. The van der Waals surface area contributed by atoms with Crippen LogP contribution < -0.4 is 10.1 Å². The maximum Gasteiger partial charge on any atom is 0.165 e. The molecule has 0 bridgehead atoms. The Morgan fingerprint density at radius 1 is 1.45 bits per heavy atom. The van der Waals surface area contributed by atoms with Gasteiger partial charge in [0.2, 0.25) is 0 Å². The molecule has 1 N–H and O–H groups in total. The van der Waals surface area contributed by atoms with E-state index < -0.39 is 5.54 Å². The van der Waals surface area contributed by atoms with Crippen molar-refractivity contribution in [3.05, 3.63) is 30.1 Å². The van der Waals surface area contributed by atoms with Crippen molar-refractivity contribution in [2.45, 2.75) is 50.6 Å². The summed E-state index contributed by atoms with van der Waals surface area (Å²) in [6.45, 7) is 2.45. The first-order valence-electron chi connectivity index (χ1n) is 7.25. The van der Waals surface area contributed by atoms with Crippen LogP contribution >= 0.6 is 0 Å². The number of nitrogens with one attached hydrogen (secondary N) is 1. The third-order valence-electron chi connectivity index (χ3n) is 3.72. The number of nitriles is 1. The van der Waals surface area contributed by atoms with Gasteiger partial charge in [-0.05, 0) is 44.2 Å². The number of hydrogen-bond acceptors (Lipinski definition) is 3. The van der Waals surface area contributed by atoms with E-state index >= 15 is 0 Å². The molecule has 0 aromatic heterocycles. The Morgan fingerprint density at radius 3 is 2.80 bits per heavy atom. The molecule has 4 heteroatoms. The summed E-state index contributed by atoms with van der Waals surface area (Å²) in [6.07, 6.45) is 4.56. The predicted octanol–water partition coefficient (Wildman–Crippen LogP) is 3.41. The Balaban J connectivity index is 1.79. The van der Waals surface area contributed by atoms with Crippen LogP contribution in [-0.2, 0) is 0 Å². The number of halogens is 1. The standard InChI is InChI=1S/C16H21FN2O/c1-2-16(12-18,19-13-8-9-13)10-5-11-20-15-7-4-3-6-14(15)17/h3-4,6-7,13,19H,2,5,8-11H2,1H3. The van der Waals surface area contributed by atoms with Gasteiger partial charge in [-0.15, -0.1) is 0 Å². The molecule has 0 saturated heterocycles. The van der Waals surface area contributed by atoms with Crippen LogP contribution in [0.1, 0.15) is 39.0 Å². The van der Waals surface area contributed by atoms with Crippen molar-refractivity contribution in [2.24, 2.45) is 0 Å². The zero-order valence-electron chi connectivity index (χ0n) is 11.9. The number of para-hydroxylation sites is 1. The highest BCUT2D eigenvalue weighted by Gasteiger charge is 2.34. The first-order chi connectivity index (χ1) is 9.69. The number of rotatable bonds is 8. The van der Waals surface area contributed by atoms with E-state index in [1.165, 1.54) is 6.07 Å². The number of nitrogens with zero attached hydrogens (tertiary/aromatic N) is 1. The van der Waals surface area contributed by atoms with Crippen LogP contribution in [0, 0.1) is 17.1 Å². The van der Waals surface area contributed by atoms with Gasteiger partial charge in [0.05, 0.1) is 12.7 Å². The molecule has 1 fully saturated rings. The van der Waals surface area contributed by atoms with Crippen molar-refractivity contribution < 1.29 is 9.13 Å². The lowest BCUT2D eigenvalue weighted by Gasteiger charge is -2.26. The van der Waals surface area contributed by atoms with Gasteiger partial charge in [0.25, 0.3) is 0 Å². The van der Waals surface area contributed by atoms with E-state index in [1.807, 2.05) is 6.92 Å². The highest BCUT2D eigenvalue weighted by Crippen LogP contribution is 2.26. The molecule has 0 spiro atoms. The third-order valence-corrected chi connectivity index (χ3v) is 3.72. The summed E-state index contributed by atoms with van der Waals surface area (Å²) in [5.74, 6) is -0.0626. The van der Waals surface area contributed by atoms with E-state index in [-0.39, 0.29) is 11.6 Å². The quantitative estimate of drug-likeness (QED) is 0.740. The van der Waals surface area contributed by atoms with Gasteiger partial charge < -0.3 is 4.74 Å². The minimum Gasteiger partial charge on any atom is -0.491 e. The SMILES string of the molecule is CCC(C#N)(CCCOc1ccccc1F)NC1CC1. The molecule has 1 aromatic rings. The lowest BCUT2D eigenvalue weighted by Crippen LogP contribution is -2.44. The van der Waals surface area contributed by atoms with Crippen molar-refractivity contribution in [2.75, 3.05) is 6.61 Å². The van der Waals surface area contributed by atoms with Crippen LogP contribution in [0.2, 0.25) is 0 Å². The van der Waals surface area contributed by atoms with E-state index in [0.717, 1.165) is 32.1 Å². The molecule has 0 amide bonds. The molecule has 1 atom stereocenters. The Bertz CT molecular complexity index is 482. The van der Waals surface area contributed by atoms with Crippen molar-refractivity contribution in [1.29, 1.82) is 5.26 Å². The fourth-order valence-electron chi connectivity index (χ4n) is 2.25. The summed E-state index contributed by atoms with van der Waals surface area (Å²) in [4.78, 5) is 0. The van der Waals surface area contributed by atoms with Crippen molar-refractivity contribution in [3.8, 4) is 11.8 Å². The monoisotopic (exact) mass is 276 g/mol. The van der Waals surface area contributed by atoms with Gasteiger partial charge in [0.1, 0.15) is 5.54 Å². The first kappa shape index (κ1) is 14.8. The van der Waals surface area contributed by atoms with Crippen molar-refractivity contribution in [3.63, 3.8) is 0 Å². The number of benzene rings is 1. The second kappa shape index (κ2) is 6.71. The Morgan fingerprint density at radius 2 is 2.20 bits per heavy atom. The molecule has 3 nitrogen and oxygen atoms in total. The van der Waals surface area contributed by atoms with Gasteiger partial charge in [0, 0.05) is 6.04 Å². The third kappa shape index (κ3) is 3.94. The molecule has 1 unspecified atom stereocenters. The van der Waals surface area contributed by atoms with Crippen LogP contribution in [-0.4, -0.2) is 18.2 Å². The molecule has 1 aliphatic rings. The van der Waals surface area contributed by atoms with Crippen molar-refractivity contribution in [1.82, 2.24) is 5.32 Å². The number of ether oxygens (including phenoxy) is 1. The van der Waals surface area contributed by atoms with Crippen LogP contribution in [0.4, 0.5) is 4.39 Å². The highest BCUT2D eigenvalue weighted by molar-refractivity contribution is 5.23. The summed E-state index contributed by atoms with van der Waals surface area (Å²) >= 11 is 0. The predicted molar refractivity (Wildman–Crippen MR) is 75.9 cm³/mol. The summed E-state index contributed by atoms with van der Waals surface area (Å²) < 4.78 is 18.8. The van der Waals surface area contributed by atoms with Gasteiger partial charge in [0.15, 0.2) is 11.6 Å². The molecular formula is C16H21FN2O. The van der Waals surface area contributed by atoms with Crippen LogP contribution in [0.25, 0.3) is 0 Å². The van der Waals surface area contributed by atoms with Gasteiger partial charge >= 0.3 is 0 Å². The minimum absolute atomic E-state index is 0.279. The molecular weight excluding hydrogens is 255 g/mol. The molecule has 20 heavy (non-hydrogen) atoms. The molecule has 0 aliphatic heterocycles. The van der Waals surface area contributed by atoms with E-state index in [2.05, 4.69) is 11.4 Å². The summed E-state index contributed by atoms with van der Waals surface area (Å²) in [5, 5.41) is 12.8. The Labute approximate surface area is 119 Å². The van der Waals surface area contributed by atoms with E-state index in [1.54, 1.807) is 18.2 Å². The average molecular weight is 276 g/mol. The highest BCUT2D eigenvalue weighted by atomic mass is 19.1. The van der Waals surface area contributed by atoms with Gasteiger partial charge in [-0.3, -0.25) is 5.32 Å². The van der Waals surface area contributed by atoms with E-state index in [4.69, 9.17) is 4.74 Å². The average Bonchev–Trinajstić information content (AvgIpc) is 3.28. The Hall–Kier alpha value is -1.60. The summed E-state index contributed by atoms with van der Waals surface area (Å²) in [7, 11) is 0. The summed E-state index contributed by atoms with van der Waals surface area (Å²) in [6, 6.07) is 9.30. The molecule has 108 valence electrons. The molecule has 1 aliphatic carbocycles. The van der Waals surface area contributed by atoms with E-state index in [9.17, 15) is 9.65 Å². The summed E-state index contributed by atoms with van der Waals surface area (Å²) in [5.41, 5.74) is -0.459. The first-order valence-corrected chi connectivity index (χ1v) is 7.25. The van der Waals surface area contributed by atoms with Gasteiger partial charge in [-0.2, -0.15) is 5.26 Å². The Kier molecular flexibility index (Phi) is 4.97. The molecule has 1 saturated carbocycles. The zero-order valence-corrected chi connectivity index (χ0v) is 11.9. The smallest absolute Gasteiger partial charge is 0.165 e. The lowest BCUT2D eigenvalue weighted by molar-refractivity contribution is 0.266. The maximum atomic E-state index is 13.4. The molecule has 0 radical (unpaired) electrons. The maximum absolute atomic E-state index is 13.4. The van der Waals surface area contributed by atoms with Crippen LogP contribution in [0.5, 0.6) is 5.75 Å². The van der Waals surface area contributed by atoms with Gasteiger partial charge in [-0.25, -0.2) is 4.39 Å². The molecule has 1 aromatic carbocycles. The van der Waals surface area contributed by atoms with E-state index in [0.29, 0.717) is 12.6 Å². The second-order valence-corrected chi connectivity index (χ2v) is 5.35. The fourth-order valence-corrected chi connectivity index (χ4v) is 2.25. The number of hydrogen-bond donors (Lipinski definition) is 1. The topological polar surface area (TPSA) is 45.0 Å². The van der Waals surface area contributed by atoms with Crippen LogP contribution in [0.15, 0.2) is 24.3 Å². The lowest BCUT2D eigenvalue weighted by atomic mass is 9.92. The van der Waals surface area contributed by atoms with Crippen LogP contribution in [0.3, 0.4) is 0 Å². The fraction of sp³-hybridized carbons (Fsp3) is 0.562. The minimum atomic E-state index is -0.459. The van der Waals surface area contributed by atoms with Crippen molar-refractivity contribution >= 4 is 0 Å². The molecule has 2 rings (SSSR count). The zero-order chi connectivity index (χ0) is 14.4. The van der Waals surface area contributed by atoms with Gasteiger partial charge in [-0.1, -0.05) is 19.1 Å².